The lowest BCUT2D eigenvalue weighted by atomic mass is 10.1. The van der Waals surface area contributed by atoms with E-state index in [0.29, 0.717) is 13.0 Å². The van der Waals surface area contributed by atoms with Crippen LogP contribution in [0, 0.1) is 0 Å². The molecule has 0 amide bonds. The van der Waals surface area contributed by atoms with Crippen LogP contribution in [0.2, 0.25) is 0 Å². The number of hydrogen-bond acceptors (Lipinski definition) is 9. The van der Waals surface area contributed by atoms with Crippen molar-refractivity contribution in [1.29, 1.82) is 0 Å². The second kappa shape index (κ2) is 8.85. The van der Waals surface area contributed by atoms with Crippen molar-refractivity contribution in [2.45, 2.75) is 39.5 Å². The topological polar surface area (TPSA) is 95.4 Å². The molecule has 1 aliphatic rings. The summed E-state index contributed by atoms with van der Waals surface area (Å²) in [6.07, 6.45) is 4.25. The van der Waals surface area contributed by atoms with Gasteiger partial charge in [-0.2, -0.15) is 8.75 Å². The fourth-order valence-electron chi connectivity index (χ4n) is 3.43. The normalized spacial score (nSPS) is 16.1. The number of benzene rings is 1. The Balaban J connectivity index is 1.61. The Kier molecular flexibility index (Phi) is 6.01. The highest BCUT2D eigenvalue weighted by atomic mass is 32.1. The van der Waals surface area contributed by atoms with Crippen molar-refractivity contribution >= 4 is 40.0 Å². The number of hydrogen-bond donors (Lipinski definition) is 3. The molecule has 8 nitrogen and oxygen atoms in total. The molecule has 158 valence electrons. The maximum absolute atomic E-state index is 9.22. The Bertz CT molecular complexity index is 1050. The van der Waals surface area contributed by atoms with E-state index in [1.165, 1.54) is 11.7 Å². The molecule has 0 radical (unpaired) electrons. The molecule has 9 heteroatoms. The lowest BCUT2D eigenvalue weighted by Gasteiger charge is -2.27. The first-order chi connectivity index (χ1) is 14.5. The van der Waals surface area contributed by atoms with Gasteiger partial charge >= 0.3 is 0 Å². The van der Waals surface area contributed by atoms with Gasteiger partial charge in [-0.25, -0.2) is 4.98 Å². The van der Waals surface area contributed by atoms with Crippen LogP contribution in [0.4, 0.5) is 17.2 Å². The largest absolute Gasteiger partial charge is 0.469 e. The zero-order valence-electron chi connectivity index (χ0n) is 17.3. The first kappa shape index (κ1) is 20.4. The molecule has 3 heterocycles. The smallest absolute Gasteiger partial charge is 0.201 e. The van der Waals surface area contributed by atoms with Crippen LogP contribution in [-0.4, -0.2) is 42.9 Å². The first-order valence-corrected chi connectivity index (χ1v) is 10.7. The highest BCUT2D eigenvalue weighted by Crippen LogP contribution is 2.36. The molecule has 0 aliphatic carbocycles. The van der Waals surface area contributed by atoms with Crippen LogP contribution < -0.4 is 10.6 Å². The molecule has 4 rings (SSSR count). The molecule has 0 saturated carbocycles. The second-order valence-electron chi connectivity index (χ2n) is 7.57. The highest BCUT2D eigenvalue weighted by molar-refractivity contribution is 7.00. The molecule has 1 atom stereocenters. The predicted molar refractivity (Wildman–Crippen MR) is 120 cm³/mol. The van der Waals surface area contributed by atoms with Crippen molar-refractivity contribution in [2.24, 2.45) is 0 Å². The van der Waals surface area contributed by atoms with Crippen LogP contribution in [-0.2, 0) is 4.74 Å². The van der Waals surface area contributed by atoms with Crippen LogP contribution in [0.15, 0.2) is 42.4 Å². The summed E-state index contributed by atoms with van der Waals surface area (Å²) in [4.78, 5) is 6.73. The molecule has 0 bridgehead atoms. The monoisotopic (exact) mass is 426 g/mol. The minimum atomic E-state index is -0.267. The van der Waals surface area contributed by atoms with Crippen molar-refractivity contribution in [3.8, 4) is 0 Å². The Morgan fingerprint density at radius 3 is 2.87 bits per heavy atom. The van der Waals surface area contributed by atoms with Crippen molar-refractivity contribution in [3.05, 3.63) is 48.0 Å². The number of anilines is 3. The zero-order valence-corrected chi connectivity index (χ0v) is 18.1. The molecule has 2 aromatic heterocycles. The van der Waals surface area contributed by atoms with Gasteiger partial charge in [-0.3, -0.25) is 0 Å². The second-order valence-corrected chi connectivity index (χ2v) is 8.10. The van der Waals surface area contributed by atoms with Gasteiger partial charge < -0.3 is 25.4 Å². The number of nitrogens with one attached hydrogen (secondary N) is 2. The number of allylic oxidation sites excluding steroid dienone is 1. The SMILES string of the molecule is CC1=CN(CCCO)C(c2cnc(Nc3ccc4nsnc4c3)cc2NC(C)C)O1. The number of ether oxygens (including phenoxy) is 1. The van der Waals surface area contributed by atoms with Gasteiger partial charge in [0.1, 0.15) is 22.6 Å². The van der Waals surface area contributed by atoms with Crippen molar-refractivity contribution in [1.82, 2.24) is 18.6 Å². The molecular formula is C21H26N6O2S. The van der Waals surface area contributed by atoms with Crippen molar-refractivity contribution in [3.63, 3.8) is 0 Å². The fraction of sp³-hybridized carbons (Fsp3) is 0.381. The van der Waals surface area contributed by atoms with Gasteiger partial charge in [-0.1, -0.05) is 0 Å². The van der Waals surface area contributed by atoms with Gasteiger partial charge in [-0.15, -0.1) is 0 Å². The van der Waals surface area contributed by atoms with Crippen LogP contribution in [0.1, 0.15) is 39.0 Å². The summed E-state index contributed by atoms with van der Waals surface area (Å²) in [6.45, 7) is 6.99. The molecule has 1 unspecified atom stereocenters. The molecule has 0 spiro atoms. The number of aromatic nitrogens is 3. The molecule has 1 aliphatic heterocycles. The van der Waals surface area contributed by atoms with E-state index in [9.17, 15) is 5.11 Å². The van der Waals surface area contributed by atoms with Crippen molar-refractivity contribution in [2.75, 3.05) is 23.8 Å². The third-order valence-electron chi connectivity index (χ3n) is 4.69. The Labute approximate surface area is 179 Å². The number of aliphatic hydroxyl groups is 1. The Morgan fingerprint density at radius 1 is 1.23 bits per heavy atom. The summed E-state index contributed by atoms with van der Waals surface area (Å²) < 4.78 is 14.6. The van der Waals surface area contributed by atoms with E-state index in [0.717, 1.165) is 39.5 Å². The quantitative estimate of drug-likeness (QED) is 0.493. The summed E-state index contributed by atoms with van der Waals surface area (Å²) in [5, 5.41) is 16.1. The summed E-state index contributed by atoms with van der Waals surface area (Å²) in [6, 6.07) is 8.13. The van der Waals surface area contributed by atoms with Gasteiger partial charge in [0.25, 0.3) is 0 Å². The molecule has 0 fully saturated rings. The summed E-state index contributed by atoms with van der Waals surface area (Å²) in [7, 11) is 0. The third-order valence-corrected chi connectivity index (χ3v) is 5.25. The minimum absolute atomic E-state index is 0.146. The van der Waals surface area contributed by atoms with E-state index in [2.05, 4.69) is 43.1 Å². The fourth-order valence-corrected chi connectivity index (χ4v) is 3.94. The van der Waals surface area contributed by atoms with Gasteiger partial charge in [0, 0.05) is 49.0 Å². The average molecular weight is 427 g/mol. The van der Waals surface area contributed by atoms with E-state index in [1.807, 2.05) is 43.6 Å². The van der Waals surface area contributed by atoms with E-state index in [4.69, 9.17) is 4.74 Å². The molecule has 1 aromatic carbocycles. The zero-order chi connectivity index (χ0) is 21.1. The molecule has 3 aromatic rings. The van der Waals surface area contributed by atoms with Crippen LogP contribution in [0.5, 0.6) is 0 Å². The summed E-state index contributed by atoms with van der Waals surface area (Å²) in [5.74, 6) is 1.58. The third kappa shape index (κ3) is 4.47. The number of aliphatic hydroxyl groups excluding tert-OH is 1. The van der Waals surface area contributed by atoms with E-state index < -0.39 is 0 Å². The summed E-state index contributed by atoms with van der Waals surface area (Å²) in [5.41, 5.74) is 4.58. The van der Waals surface area contributed by atoms with E-state index >= 15 is 0 Å². The van der Waals surface area contributed by atoms with Crippen LogP contribution >= 0.6 is 11.7 Å². The minimum Gasteiger partial charge on any atom is -0.469 e. The highest BCUT2D eigenvalue weighted by Gasteiger charge is 2.28. The van der Waals surface area contributed by atoms with Crippen LogP contribution in [0.25, 0.3) is 11.0 Å². The van der Waals surface area contributed by atoms with Gasteiger partial charge in [0.15, 0.2) is 0 Å². The van der Waals surface area contributed by atoms with Crippen molar-refractivity contribution < 1.29 is 9.84 Å². The van der Waals surface area contributed by atoms with E-state index in [-0.39, 0.29) is 18.9 Å². The molecular weight excluding hydrogens is 400 g/mol. The maximum Gasteiger partial charge on any atom is 0.201 e. The Hall–Kier alpha value is -2.91. The van der Waals surface area contributed by atoms with Gasteiger partial charge in [-0.05, 0) is 45.4 Å². The first-order valence-electron chi connectivity index (χ1n) is 10.0. The van der Waals surface area contributed by atoms with Gasteiger partial charge in [0.05, 0.1) is 17.3 Å². The lowest BCUT2D eigenvalue weighted by Crippen LogP contribution is -2.24. The standard InChI is InChI=1S/C21H26N6O2S/c1-13(2)23-18-10-20(24-15-5-6-17-19(9-15)26-30-25-17)22-11-16(18)21-27(7-4-8-28)12-14(3)29-21/h5-6,9-13,21,28H,4,7-8H2,1-3H3,(H2,22,23,24). The number of pyridine rings is 1. The lowest BCUT2D eigenvalue weighted by molar-refractivity contribution is 0.0407. The maximum atomic E-state index is 9.22. The number of rotatable bonds is 8. The summed E-state index contributed by atoms with van der Waals surface area (Å²) >= 11 is 1.21. The molecule has 3 N–H and O–H groups in total. The molecule has 0 saturated heterocycles. The Morgan fingerprint density at radius 2 is 2.07 bits per heavy atom. The average Bonchev–Trinajstić information content (AvgIpc) is 3.32. The van der Waals surface area contributed by atoms with E-state index in [1.54, 1.807) is 0 Å². The van der Waals surface area contributed by atoms with Crippen LogP contribution in [0.3, 0.4) is 0 Å². The van der Waals surface area contributed by atoms with Gasteiger partial charge in [0.2, 0.25) is 6.23 Å². The molecule has 30 heavy (non-hydrogen) atoms. The number of fused-ring (bicyclic) bond motifs is 1. The predicted octanol–water partition coefficient (Wildman–Crippen LogP) is 4.22. The number of nitrogens with zero attached hydrogens (tertiary/aromatic N) is 4.